The van der Waals surface area contributed by atoms with E-state index >= 15 is 0 Å². The number of amides is 1. The standard InChI is InChI=1S/C16H16N4O2/c1-11(9-21)19-16(22)12-6-7-15(17-8-12)20-10-18-13-4-2-3-5-14(13)20/h2-8,10-11,21H,9H2,1H3,(H,19,22). The van der Waals surface area contributed by atoms with Crippen molar-refractivity contribution in [1.82, 2.24) is 19.9 Å². The van der Waals surface area contributed by atoms with Crippen molar-refractivity contribution < 1.29 is 9.90 Å². The lowest BCUT2D eigenvalue weighted by Crippen LogP contribution is -2.35. The lowest BCUT2D eigenvalue weighted by molar-refractivity contribution is 0.0922. The quantitative estimate of drug-likeness (QED) is 0.765. The van der Waals surface area contributed by atoms with Crippen LogP contribution in [0.15, 0.2) is 48.9 Å². The number of aromatic nitrogens is 3. The maximum atomic E-state index is 11.9. The minimum atomic E-state index is -0.287. The zero-order valence-corrected chi connectivity index (χ0v) is 12.1. The number of imidazole rings is 1. The number of pyridine rings is 1. The van der Waals surface area contributed by atoms with Crippen molar-refractivity contribution in [2.45, 2.75) is 13.0 Å². The highest BCUT2D eigenvalue weighted by Crippen LogP contribution is 2.16. The van der Waals surface area contributed by atoms with Gasteiger partial charge < -0.3 is 10.4 Å². The summed E-state index contributed by atoms with van der Waals surface area (Å²) in [4.78, 5) is 20.6. The fraction of sp³-hybridized carbons (Fsp3) is 0.188. The first-order chi connectivity index (χ1) is 10.7. The average Bonchev–Trinajstić information content (AvgIpc) is 2.99. The van der Waals surface area contributed by atoms with Gasteiger partial charge in [0, 0.05) is 12.2 Å². The molecule has 1 aromatic carbocycles. The Hall–Kier alpha value is -2.73. The van der Waals surface area contributed by atoms with Gasteiger partial charge in [0.05, 0.1) is 23.2 Å². The monoisotopic (exact) mass is 296 g/mol. The van der Waals surface area contributed by atoms with Gasteiger partial charge >= 0.3 is 0 Å². The van der Waals surface area contributed by atoms with Crippen LogP contribution in [0.1, 0.15) is 17.3 Å². The molecule has 112 valence electrons. The Labute approximate surface area is 127 Å². The number of fused-ring (bicyclic) bond motifs is 1. The fourth-order valence-corrected chi connectivity index (χ4v) is 2.16. The van der Waals surface area contributed by atoms with Crippen LogP contribution in [0.25, 0.3) is 16.9 Å². The van der Waals surface area contributed by atoms with Gasteiger partial charge in [-0.05, 0) is 31.2 Å². The van der Waals surface area contributed by atoms with Crippen molar-refractivity contribution in [3.63, 3.8) is 0 Å². The minimum Gasteiger partial charge on any atom is -0.394 e. The molecule has 0 bridgehead atoms. The van der Waals surface area contributed by atoms with Crippen LogP contribution in [-0.2, 0) is 0 Å². The van der Waals surface area contributed by atoms with E-state index in [1.165, 1.54) is 6.20 Å². The zero-order valence-electron chi connectivity index (χ0n) is 12.1. The molecule has 0 aliphatic heterocycles. The van der Waals surface area contributed by atoms with Crippen LogP contribution >= 0.6 is 0 Å². The van der Waals surface area contributed by atoms with E-state index in [0.29, 0.717) is 11.4 Å². The molecule has 1 atom stereocenters. The molecule has 6 heteroatoms. The molecule has 3 rings (SSSR count). The van der Waals surface area contributed by atoms with Crippen molar-refractivity contribution in [2.75, 3.05) is 6.61 Å². The highest BCUT2D eigenvalue weighted by atomic mass is 16.3. The molecule has 22 heavy (non-hydrogen) atoms. The summed E-state index contributed by atoms with van der Waals surface area (Å²) in [7, 11) is 0. The van der Waals surface area contributed by atoms with E-state index < -0.39 is 0 Å². The Bertz CT molecular complexity index is 795. The molecule has 6 nitrogen and oxygen atoms in total. The van der Waals surface area contributed by atoms with Crippen LogP contribution in [-0.4, -0.2) is 38.2 Å². The first-order valence-electron chi connectivity index (χ1n) is 6.99. The van der Waals surface area contributed by atoms with Gasteiger partial charge in [-0.1, -0.05) is 12.1 Å². The number of aliphatic hydroxyl groups is 1. The highest BCUT2D eigenvalue weighted by Gasteiger charge is 2.10. The van der Waals surface area contributed by atoms with Crippen molar-refractivity contribution in [3.8, 4) is 5.82 Å². The average molecular weight is 296 g/mol. The molecule has 0 spiro atoms. The summed E-state index contributed by atoms with van der Waals surface area (Å²) in [6, 6.07) is 11.0. The number of rotatable bonds is 4. The molecular weight excluding hydrogens is 280 g/mol. The molecular formula is C16H16N4O2. The summed E-state index contributed by atoms with van der Waals surface area (Å²) in [5, 5.41) is 11.6. The van der Waals surface area contributed by atoms with Crippen LogP contribution in [0.2, 0.25) is 0 Å². The summed E-state index contributed by atoms with van der Waals surface area (Å²) >= 11 is 0. The number of hydrogen-bond donors (Lipinski definition) is 2. The molecule has 0 saturated heterocycles. The van der Waals surface area contributed by atoms with Gasteiger partial charge in [0.2, 0.25) is 0 Å². The van der Waals surface area contributed by atoms with E-state index in [2.05, 4.69) is 15.3 Å². The van der Waals surface area contributed by atoms with Gasteiger partial charge in [0.15, 0.2) is 0 Å². The number of nitrogens with one attached hydrogen (secondary N) is 1. The van der Waals surface area contributed by atoms with Gasteiger partial charge in [-0.3, -0.25) is 9.36 Å². The van der Waals surface area contributed by atoms with Crippen molar-refractivity contribution >= 4 is 16.9 Å². The molecule has 0 aliphatic carbocycles. The number of benzene rings is 1. The van der Waals surface area contributed by atoms with E-state index in [1.807, 2.05) is 28.8 Å². The van der Waals surface area contributed by atoms with E-state index in [-0.39, 0.29) is 18.6 Å². The van der Waals surface area contributed by atoms with Gasteiger partial charge in [-0.25, -0.2) is 9.97 Å². The number of nitrogens with zero attached hydrogens (tertiary/aromatic N) is 3. The summed E-state index contributed by atoms with van der Waals surface area (Å²) in [5.74, 6) is 0.441. The lowest BCUT2D eigenvalue weighted by atomic mass is 10.2. The number of carbonyl (C=O) groups is 1. The zero-order chi connectivity index (χ0) is 15.5. The molecule has 2 heterocycles. The smallest absolute Gasteiger partial charge is 0.253 e. The van der Waals surface area contributed by atoms with Gasteiger partial charge in [-0.15, -0.1) is 0 Å². The minimum absolute atomic E-state index is 0.0989. The Balaban J connectivity index is 1.87. The SMILES string of the molecule is CC(CO)NC(=O)c1ccc(-n2cnc3ccccc32)nc1. The van der Waals surface area contributed by atoms with E-state index in [4.69, 9.17) is 5.11 Å². The number of hydrogen-bond acceptors (Lipinski definition) is 4. The molecule has 0 fully saturated rings. The van der Waals surface area contributed by atoms with Crippen molar-refractivity contribution in [1.29, 1.82) is 0 Å². The first kappa shape index (κ1) is 14.2. The summed E-state index contributed by atoms with van der Waals surface area (Å²) in [5.41, 5.74) is 2.30. The number of carbonyl (C=O) groups excluding carboxylic acids is 1. The number of aliphatic hydroxyl groups excluding tert-OH is 1. The van der Waals surface area contributed by atoms with Crippen LogP contribution < -0.4 is 5.32 Å². The molecule has 1 amide bonds. The highest BCUT2D eigenvalue weighted by molar-refractivity contribution is 5.94. The molecule has 0 saturated carbocycles. The topological polar surface area (TPSA) is 80.0 Å². The third-order valence-electron chi connectivity index (χ3n) is 3.36. The predicted molar refractivity (Wildman–Crippen MR) is 82.9 cm³/mol. The second-order valence-electron chi connectivity index (χ2n) is 5.07. The van der Waals surface area contributed by atoms with E-state index in [0.717, 1.165) is 11.0 Å². The third-order valence-corrected chi connectivity index (χ3v) is 3.36. The Morgan fingerprint density at radius 3 is 2.82 bits per heavy atom. The van der Waals surface area contributed by atoms with Crippen LogP contribution in [0.4, 0.5) is 0 Å². The first-order valence-corrected chi connectivity index (χ1v) is 6.99. The van der Waals surface area contributed by atoms with Gasteiger partial charge in [-0.2, -0.15) is 0 Å². The Morgan fingerprint density at radius 1 is 1.27 bits per heavy atom. The summed E-state index contributed by atoms with van der Waals surface area (Å²) < 4.78 is 1.87. The molecule has 0 aliphatic rings. The Kier molecular flexibility index (Phi) is 3.84. The van der Waals surface area contributed by atoms with Gasteiger partial charge in [0.1, 0.15) is 12.1 Å². The maximum absolute atomic E-state index is 11.9. The lowest BCUT2D eigenvalue weighted by Gasteiger charge is -2.10. The fourth-order valence-electron chi connectivity index (χ4n) is 2.16. The normalized spacial score (nSPS) is 12.3. The van der Waals surface area contributed by atoms with E-state index in [9.17, 15) is 4.79 Å². The molecule has 1 unspecified atom stereocenters. The third kappa shape index (κ3) is 2.68. The second-order valence-corrected chi connectivity index (χ2v) is 5.07. The van der Waals surface area contributed by atoms with E-state index in [1.54, 1.807) is 25.4 Å². The molecule has 2 aromatic heterocycles. The predicted octanol–water partition coefficient (Wildman–Crippen LogP) is 1.53. The van der Waals surface area contributed by atoms with Crippen LogP contribution in [0.3, 0.4) is 0 Å². The molecule has 2 N–H and O–H groups in total. The largest absolute Gasteiger partial charge is 0.394 e. The number of para-hydroxylation sites is 2. The van der Waals surface area contributed by atoms with Crippen molar-refractivity contribution in [2.24, 2.45) is 0 Å². The van der Waals surface area contributed by atoms with Gasteiger partial charge in [0.25, 0.3) is 5.91 Å². The molecule has 3 aromatic rings. The summed E-state index contributed by atoms with van der Waals surface area (Å²) in [6.07, 6.45) is 3.23. The Morgan fingerprint density at radius 2 is 2.09 bits per heavy atom. The second kappa shape index (κ2) is 5.95. The summed E-state index contributed by atoms with van der Waals surface area (Å²) in [6.45, 7) is 1.63. The molecule has 0 radical (unpaired) electrons. The van der Waals surface area contributed by atoms with Crippen LogP contribution in [0.5, 0.6) is 0 Å². The van der Waals surface area contributed by atoms with Crippen molar-refractivity contribution in [3.05, 3.63) is 54.5 Å². The maximum Gasteiger partial charge on any atom is 0.253 e. The van der Waals surface area contributed by atoms with Crippen LogP contribution in [0, 0.1) is 0 Å².